The second kappa shape index (κ2) is 9.94. The zero-order chi connectivity index (χ0) is 20.5. The van der Waals surface area contributed by atoms with Gasteiger partial charge in [-0.25, -0.2) is 0 Å². The molecule has 0 bridgehead atoms. The maximum atomic E-state index is 12.8. The third kappa shape index (κ3) is 5.59. The van der Waals surface area contributed by atoms with Gasteiger partial charge in [0.05, 0.1) is 19.4 Å². The van der Waals surface area contributed by atoms with Gasteiger partial charge in [-0.2, -0.15) is 0 Å². The fraction of sp³-hybridized carbons (Fsp3) is 0.130. The van der Waals surface area contributed by atoms with E-state index in [1.54, 1.807) is 42.5 Å². The molecule has 6 nitrogen and oxygen atoms in total. The van der Waals surface area contributed by atoms with E-state index in [1.807, 2.05) is 37.3 Å². The molecule has 0 aliphatic heterocycles. The van der Waals surface area contributed by atoms with Crippen LogP contribution in [0.3, 0.4) is 0 Å². The maximum Gasteiger partial charge on any atom is 0.268 e. The average molecular weight is 390 g/mol. The number of hydrogen-bond donors (Lipinski definition) is 2. The van der Waals surface area contributed by atoms with Crippen LogP contribution in [-0.4, -0.2) is 18.4 Å². The van der Waals surface area contributed by atoms with E-state index in [4.69, 9.17) is 9.15 Å². The first kappa shape index (κ1) is 19.9. The number of benzene rings is 2. The van der Waals surface area contributed by atoms with Crippen molar-refractivity contribution >= 4 is 17.9 Å². The van der Waals surface area contributed by atoms with Crippen molar-refractivity contribution < 1.29 is 18.7 Å². The Morgan fingerprint density at radius 1 is 1.00 bits per heavy atom. The zero-order valence-electron chi connectivity index (χ0n) is 16.1. The minimum atomic E-state index is -0.433. The minimum absolute atomic E-state index is 0.109. The molecule has 0 saturated heterocycles. The molecule has 148 valence electrons. The van der Waals surface area contributed by atoms with Crippen molar-refractivity contribution in [3.63, 3.8) is 0 Å². The van der Waals surface area contributed by atoms with Crippen molar-refractivity contribution in [2.45, 2.75) is 13.5 Å². The molecule has 2 N–H and O–H groups in total. The molecule has 0 spiro atoms. The van der Waals surface area contributed by atoms with Crippen molar-refractivity contribution in [2.24, 2.45) is 0 Å². The largest absolute Gasteiger partial charge is 0.493 e. The summed E-state index contributed by atoms with van der Waals surface area (Å²) in [4.78, 5) is 25.4. The lowest BCUT2D eigenvalue weighted by Crippen LogP contribution is -2.34. The van der Waals surface area contributed by atoms with E-state index in [0.29, 0.717) is 29.2 Å². The predicted octanol–water partition coefficient (Wildman–Crippen LogP) is 3.77. The van der Waals surface area contributed by atoms with E-state index in [9.17, 15) is 9.59 Å². The van der Waals surface area contributed by atoms with Crippen LogP contribution in [0.5, 0.6) is 5.75 Å². The summed E-state index contributed by atoms with van der Waals surface area (Å²) < 4.78 is 10.9. The second-order valence-corrected chi connectivity index (χ2v) is 6.11. The fourth-order valence-corrected chi connectivity index (χ4v) is 2.66. The summed E-state index contributed by atoms with van der Waals surface area (Å²) in [6.45, 7) is 2.58. The molecule has 3 rings (SSSR count). The number of furan rings is 1. The molecule has 0 atom stereocenters. The molecule has 0 saturated carbocycles. The standard InChI is InChI=1S/C23H22N2O4/c1-2-28-21-13-7-6-11-18(21)15-20(23(27)24-16-19-12-8-14-29-19)25-22(26)17-9-4-3-5-10-17/h3-15H,2,16H2,1H3,(H,24,27)(H,25,26)/b20-15+. The molecular formula is C23H22N2O4. The molecule has 1 heterocycles. The molecule has 0 fully saturated rings. The Morgan fingerprint density at radius 3 is 2.48 bits per heavy atom. The van der Waals surface area contributed by atoms with E-state index < -0.39 is 5.91 Å². The van der Waals surface area contributed by atoms with Gasteiger partial charge in [-0.3, -0.25) is 9.59 Å². The number of amides is 2. The van der Waals surface area contributed by atoms with Crippen molar-refractivity contribution in [1.29, 1.82) is 0 Å². The summed E-state index contributed by atoms with van der Waals surface area (Å²) in [6.07, 6.45) is 3.14. The molecule has 0 radical (unpaired) electrons. The Labute approximate surface area is 169 Å². The Morgan fingerprint density at radius 2 is 1.76 bits per heavy atom. The molecular weight excluding hydrogens is 368 g/mol. The van der Waals surface area contributed by atoms with Crippen LogP contribution in [0.2, 0.25) is 0 Å². The Bertz CT molecular complexity index is 979. The molecule has 29 heavy (non-hydrogen) atoms. The second-order valence-electron chi connectivity index (χ2n) is 6.11. The Hall–Kier alpha value is -3.80. The van der Waals surface area contributed by atoms with Crippen LogP contribution in [0.15, 0.2) is 83.1 Å². The molecule has 0 unspecified atom stereocenters. The van der Waals surface area contributed by atoms with Crippen LogP contribution >= 0.6 is 0 Å². The Balaban J connectivity index is 1.86. The third-order valence-electron chi connectivity index (χ3n) is 4.05. The third-order valence-corrected chi connectivity index (χ3v) is 4.05. The lowest BCUT2D eigenvalue weighted by Gasteiger charge is -2.12. The van der Waals surface area contributed by atoms with Gasteiger partial charge < -0.3 is 19.8 Å². The number of ether oxygens (including phenoxy) is 1. The molecule has 2 aromatic carbocycles. The summed E-state index contributed by atoms with van der Waals surface area (Å²) in [7, 11) is 0. The highest BCUT2D eigenvalue weighted by Crippen LogP contribution is 2.21. The van der Waals surface area contributed by atoms with E-state index in [0.717, 1.165) is 0 Å². The van der Waals surface area contributed by atoms with Gasteiger partial charge in [-0.1, -0.05) is 36.4 Å². The fourth-order valence-electron chi connectivity index (χ4n) is 2.66. The molecule has 0 aliphatic rings. The highest BCUT2D eigenvalue weighted by atomic mass is 16.5. The van der Waals surface area contributed by atoms with Gasteiger partial charge >= 0.3 is 0 Å². The van der Waals surface area contributed by atoms with E-state index in [1.165, 1.54) is 6.26 Å². The first-order chi connectivity index (χ1) is 14.2. The summed E-state index contributed by atoms with van der Waals surface area (Å²) in [5, 5.41) is 5.46. The number of nitrogens with one attached hydrogen (secondary N) is 2. The first-order valence-corrected chi connectivity index (χ1v) is 9.28. The van der Waals surface area contributed by atoms with Crippen molar-refractivity contribution in [1.82, 2.24) is 10.6 Å². The van der Waals surface area contributed by atoms with E-state index in [-0.39, 0.29) is 18.1 Å². The van der Waals surface area contributed by atoms with Gasteiger partial charge in [-0.05, 0) is 43.3 Å². The summed E-state index contributed by atoms with van der Waals surface area (Å²) in [5.41, 5.74) is 1.25. The van der Waals surface area contributed by atoms with Gasteiger partial charge in [0.1, 0.15) is 17.2 Å². The maximum absolute atomic E-state index is 12.8. The van der Waals surface area contributed by atoms with Gasteiger partial charge in [0, 0.05) is 11.1 Å². The number of hydrogen-bond acceptors (Lipinski definition) is 4. The normalized spacial score (nSPS) is 11.0. The summed E-state index contributed by atoms with van der Waals surface area (Å²) in [6, 6.07) is 19.5. The lowest BCUT2D eigenvalue weighted by atomic mass is 10.1. The van der Waals surface area contributed by atoms with Gasteiger partial charge in [0.2, 0.25) is 0 Å². The predicted molar refractivity (Wildman–Crippen MR) is 110 cm³/mol. The van der Waals surface area contributed by atoms with Gasteiger partial charge in [0.15, 0.2) is 0 Å². The van der Waals surface area contributed by atoms with Gasteiger partial charge in [0.25, 0.3) is 11.8 Å². The lowest BCUT2D eigenvalue weighted by molar-refractivity contribution is -0.118. The zero-order valence-corrected chi connectivity index (χ0v) is 16.1. The van der Waals surface area contributed by atoms with Crippen molar-refractivity contribution in [2.75, 3.05) is 6.61 Å². The average Bonchev–Trinajstić information content (AvgIpc) is 3.27. The molecule has 0 aliphatic carbocycles. The van der Waals surface area contributed by atoms with Crippen LogP contribution in [0, 0.1) is 0 Å². The number of carbonyl (C=O) groups is 2. The van der Waals surface area contributed by atoms with Crippen LogP contribution in [0.25, 0.3) is 6.08 Å². The highest BCUT2D eigenvalue weighted by molar-refractivity contribution is 6.05. The molecule has 3 aromatic rings. The van der Waals surface area contributed by atoms with Crippen LogP contribution in [0.1, 0.15) is 28.6 Å². The molecule has 2 amide bonds. The Kier molecular flexibility index (Phi) is 6.84. The van der Waals surface area contributed by atoms with Crippen LogP contribution < -0.4 is 15.4 Å². The minimum Gasteiger partial charge on any atom is -0.493 e. The molecule has 1 aromatic heterocycles. The van der Waals surface area contributed by atoms with Crippen molar-refractivity contribution in [3.8, 4) is 5.75 Å². The number of carbonyl (C=O) groups excluding carboxylic acids is 2. The summed E-state index contributed by atoms with van der Waals surface area (Å²) >= 11 is 0. The summed E-state index contributed by atoms with van der Waals surface area (Å²) in [5.74, 6) is 0.429. The van der Waals surface area contributed by atoms with Gasteiger partial charge in [-0.15, -0.1) is 0 Å². The highest BCUT2D eigenvalue weighted by Gasteiger charge is 2.16. The first-order valence-electron chi connectivity index (χ1n) is 9.28. The van der Waals surface area contributed by atoms with Crippen LogP contribution in [-0.2, 0) is 11.3 Å². The quantitative estimate of drug-likeness (QED) is 0.574. The SMILES string of the molecule is CCOc1ccccc1/C=C(/NC(=O)c1ccccc1)C(=O)NCc1ccco1. The number of rotatable bonds is 8. The van der Waals surface area contributed by atoms with E-state index >= 15 is 0 Å². The smallest absolute Gasteiger partial charge is 0.268 e. The van der Waals surface area contributed by atoms with E-state index in [2.05, 4.69) is 10.6 Å². The monoisotopic (exact) mass is 390 g/mol. The van der Waals surface area contributed by atoms with Crippen LogP contribution in [0.4, 0.5) is 0 Å². The van der Waals surface area contributed by atoms with Crippen molar-refractivity contribution in [3.05, 3.63) is 95.6 Å². The topological polar surface area (TPSA) is 80.6 Å². The number of para-hydroxylation sites is 1. The molecule has 6 heteroatoms.